The molecule has 1 aromatic rings. The summed E-state index contributed by atoms with van der Waals surface area (Å²) in [7, 11) is -1.25. The van der Waals surface area contributed by atoms with Gasteiger partial charge in [0.15, 0.2) is 5.75 Å². The Bertz CT molecular complexity index is 968. The van der Waals surface area contributed by atoms with Gasteiger partial charge in [-0.15, -0.1) is 0 Å². The second-order valence-electron chi connectivity index (χ2n) is 8.80. The van der Waals surface area contributed by atoms with Crippen molar-refractivity contribution in [2.24, 2.45) is 0 Å². The van der Waals surface area contributed by atoms with E-state index in [9.17, 15) is 23.3 Å². The van der Waals surface area contributed by atoms with Crippen LogP contribution in [0.15, 0.2) is 23.1 Å². The van der Waals surface area contributed by atoms with Gasteiger partial charge in [0.25, 0.3) is 0 Å². The number of benzene rings is 1. The van der Waals surface area contributed by atoms with E-state index in [4.69, 9.17) is 28.4 Å². The number of nitro groups is 1. The van der Waals surface area contributed by atoms with Crippen LogP contribution < -0.4 is 10.1 Å². The maximum atomic E-state index is 12.7. The summed E-state index contributed by atoms with van der Waals surface area (Å²) in [6.07, 6.45) is -0.487. The Balaban J connectivity index is 2.07. The molecule has 1 amide bonds. The first kappa shape index (κ1) is 33.5. The second-order valence-corrected chi connectivity index (χ2v) is 10.8. The van der Waals surface area contributed by atoms with Crippen LogP contribution in [0.1, 0.15) is 20.8 Å². The van der Waals surface area contributed by atoms with Gasteiger partial charge in [0, 0.05) is 32.3 Å². The summed E-state index contributed by atoms with van der Waals surface area (Å²) < 4.78 is 58.1. The molecule has 0 aliphatic heterocycles. The summed E-state index contributed by atoms with van der Waals surface area (Å²) >= 11 is 0. The van der Waals surface area contributed by atoms with Crippen molar-refractivity contribution < 1.29 is 46.6 Å². The lowest BCUT2D eigenvalue weighted by Crippen LogP contribution is -2.34. The Morgan fingerprint density at radius 3 is 2.00 bits per heavy atom. The first-order valence-corrected chi connectivity index (χ1v) is 13.4. The highest BCUT2D eigenvalue weighted by atomic mass is 32.2. The molecule has 218 valence electrons. The number of ether oxygens (including phenoxy) is 6. The van der Waals surface area contributed by atoms with E-state index in [-0.39, 0.29) is 36.1 Å². The highest BCUT2D eigenvalue weighted by Gasteiger charge is 2.24. The fourth-order valence-electron chi connectivity index (χ4n) is 2.76. The van der Waals surface area contributed by atoms with E-state index >= 15 is 0 Å². The molecule has 0 saturated heterocycles. The molecule has 0 aliphatic carbocycles. The fourth-order valence-corrected chi connectivity index (χ4v) is 3.93. The Hall–Kier alpha value is -2.56. The van der Waals surface area contributed by atoms with Gasteiger partial charge in [-0.2, -0.15) is 4.31 Å². The lowest BCUT2D eigenvalue weighted by Gasteiger charge is -2.19. The molecule has 0 bridgehead atoms. The third-order valence-corrected chi connectivity index (χ3v) is 6.49. The quantitative estimate of drug-likeness (QED) is 0.148. The van der Waals surface area contributed by atoms with Crippen molar-refractivity contribution >= 4 is 21.8 Å². The second kappa shape index (κ2) is 17.1. The summed E-state index contributed by atoms with van der Waals surface area (Å²) in [5.74, 6) is -0.137. The fraction of sp³-hybridized carbons (Fsp3) is 0.696. The molecule has 0 aliphatic rings. The molecule has 1 N–H and O–H groups in total. The van der Waals surface area contributed by atoms with Crippen LogP contribution in [0.2, 0.25) is 0 Å². The number of amides is 1. The molecule has 1 rings (SSSR count). The van der Waals surface area contributed by atoms with E-state index < -0.39 is 26.6 Å². The number of likely N-dealkylation sites (N-methyl/N-ethyl adjacent to an activating group) is 1. The van der Waals surface area contributed by atoms with Crippen molar-refractivity contribution in [3.8, 4) is 5.75 Å². The number of methoxy groups -OCH3 is 1. The maximum absolute atomic E-state index is 12.7. The topological polar surface area (TPSA) is 165 Å². The number of carbonyl (C=O) groups is 1. The lowest BCUT2D eigenvalue weighted by molar-refractivity contribution is -0.385. The number of sulfonamides is 1. The van der Waals surface area contributed by atoms with E-state index in [0.29, 0.717) is 46.2 Å². The number of nitrogens with zero attached hydrogens (tertiary/aromatic N) is 2. The van der Waals surface area contributed by atoms with Crippen LogP contribution >= 0.6 is 0 Å². The van der Waals surface area contributed by atoms with Gasteiger partial charge in [0.05, 0.1) is 69.8 Å². The third kappa shape index (κ3) is 13.3. The van der Waals surface area contributed by atoms with E-state index in [2.05, 4.69) is 5.32 Å². The number of alkyl carbamates (subject to hydrolysis) is 1. The number of carbonyl (C=O) groups excluding carboxylic acids is 1. The minimum atomic E-state index is -3.87. The molecule has 0 unspecified atom stereocenters. The smallest absolute Gasteiger partial charge is 0.407 e. The van der Waals surface area contributed by atoms with Crippen molar-refractivity contribution in [2.75, 3.05) is 80.1 Å². The monoisotopic (exact) mass is 565 g/mol. The van der Waals surface area contributed by atoms with Gasteiger partial charge >= 0.3 is 11.8 Å². The zero-order chi connectivity index (χ0) is 28.6. The molecular weight excluding hydrogens is 526 g/mol. The summed E-state index contributed by atoms with van der Waals surface area (Å²) in [4.78, 5) is 21.7. The van der Waals surface area contributed by atoms with E-state index in [1.807, 2.05) is 0 Å². The molecule has 0 saturated carbocycles. The first-order chi connectivity index (χ1) is 17.9. The minimum Gasteiger partial charge on any atom is -0.490 e. The van der Waals surface area contributed by atoms with Gasteiger partial charge in [-0.1, -0.05) is 0 Å². The molecule has 0 heterocycles. The van der Waals surface area contributed by atoms with Crippen LogP contribution in [0, 0.1) is 10.1 Å². The highest BCUT2D eigenvalue weighted by Crippen LogP contribution is 2.30. The van der Waals surface area contributed by atoms with E-state index in [0.717, 1.165) is 16.4 Å². The molecule has 0 atom stereocenters. The number of nitro benzene ring substituents is 1. The summed E-state index contributed by atoms with van der Waals surface area (Å²) in [6, 6.07) is 3.38. The van der Waals surface area contributed by atoms with Crippen LogP contribution in [0.3, 0.4) is 0 Å². The molecule has 38 heavy (non-hydrogen) atoms. The Morgan fingerprint density at radius 1 is 0.974 bits per heavy atom. The lowest BCUT2D eigenvalue weighted by atomic mass is 10.2. The van der Waals surface area contributed by atoms with Crippen molar-refractivity contribution in [3.05, 3.63) is 28.3 Å². The van der Waals surface area contributed by atoms with E-state index in [1.165, 1.54) is 20.2 Å². The average Bonchev–Trinajstić information content (AvgIpc) is 2.84. The zero-order valence-corrected chi connectivity index (χ0v) is 23.4. The summed E-state index contributed by atoms with van der Waals surface area (Å²) in [5, 5.41) is 13.6. The average molecular weight is 566 g/mol. The van der Waals surface area contributed by atoms with Crippen LogP contribution in [0.5, 0.6) is 5.75 Å². The predicted octanol–water partition coefficient (Wildman–Crippen LogP) is 1.82. The molecule has 0 radical (unpaired) electrons. The normalized spacial score (nSPS) is 11.9. The predicted molar refractivity (Wildman–Crippen MR) is 137 cm³/mol. The maximum Gasteiger partial charge on any atom is 0.407 e. The van der Waals surface area contributed by atoms with Gasteiger partial charge in [0.1, 0.15) is 5.60 Å². The number of rotatable bonds is 19. The van der Waals surface area contributed by atoms with Crippen LogP contribution in [0.4, 0.5) is 10.5 Å². The number of hydrogen-bond acceptors (Lipinski definition) is 11. The summed E-state index contributed by atoms with van der Waals surface area (Å²) in [5.41, 5.74) is -0.859. The molecular formula is C23H39N3O11S. The molecule has 1 aromatic carbocycles. The molecule has 14 nitrogen and oxygen atoms in total. The minimum absolute atomic E-state index is 0.0814. The standard InChI is InChI=1S/C23H39N3O11S/c1-23(2,3)37-22(27)24-8-10-33-12-14-35-16-17-36-15-13-34-11-9-25(4)38(30,31)19-6-7-20(26(28)29)21(18-19)32-5/h6-7,18H,8-17H2,1-5H3,(H,24,27). The van der Waals surface area contributed by atoms with Gasteiger partial charge in [-0.3, -0.25) is 10.1 Å². The largest absolute Gasteiger partial charge is 0.490 e. The third-order valence-electron chi connectivity index (χ3n) is 4.64. The van der Waals surface area contributed by atoms with Crippen LogP contribution in [-0.4, -0.2) is 109 Å². The van der Waals surface area contributed by atoms with Crippen molar-refractivity contribution in [3.63, 3.8) is 0 Å². The molecule has 0 fully saturated rings. The van der Waals surface area contributed by atoms with Gasteiger partial charge in [-0.05, 0) is 26.8 Å². The SMILES string of the molecule is COc1cc(S(=O)(=O)N(C)CCOCCOCCOCCOCCNC(=O)OC(C)(C)C)ccc1[N+](=O)[O-]. The van der Waals surface area contributed by atoms with Crippen molar-refractivity contribution in [1.29, 1.82) is 0 Å². The van der Waals surface area contributed by atoms with Gasteiger partial charge in [-0.25, -0.2) is 13.2 Å². The molecule has 0 aromatic heterocycles. The van der Waals surface area contributed by atoms with Crippen LogP contribution in [0.25, 0.3) is 0 Å². The van der Waals surface area contributed by atoms with E-state index in [1.54, 1.807) is 20.8 Å². The van der Waals surface area contributed by atoms with Gasteiger partial charge < -0.3 is 33.7 Å². The van der Waals surface area contributed by atoms with Gasteiger partial charge in [0.2, 0.25) is 10.0 Å². The number of hydrogen-bond donors (Lipinski definition) is 1. The van der Waals surface area contributed by atoms with Crippen LogP contribution in [-0.2, 0) is 33.7 Å². The van der Waals surface area contributed by atoms with Crippen molar-refractivity contribution in [1.82, 2.24) is 9.62 Å². The zero-order valence-electron chi connectivity index (χ0n) is 22.6. The Morgan fingerprint density at radius 2 is 1.50 bits per heavy atom. The molecule has 0 spiro atoms. The molecule has 15 heteroatoms. The Kier molecular flexibility index (Phi) is 15.1. The number of nitrogens with one attached hydrogen (secondary N) is 1. The summed E-state index contributed by atoms with van der Waals surface area (Å²) in [6.45, 7) is 8.35. The Labute approximate surface area is 223 Å². The first-order valence-electron chi connectivity index (χ1n) is 11.9. The highest BCUT2D eigenvalue weighted by molar-refractivity contribution is 7.89. The van der Waals surface area contributed by atoms with Crippen molar-refractivity contribution in [2.45, 2.75) is 31.3 Å².